The number of carbonyl (C=O) groups excluding carboxylic acids is 1. The van der Waals surface area contributed by atoms with E-state index in [0.29, 0.717) is 37.1 Å². The maximum Gasteiger partial charge on any atom is 0.270 e. The highest BCUT2D eigenvalue weighted by Crippen LogP contribution is 2.32. The third kappa shape index (κ3) is 6.85. The van der Waals surface area contributed by atoms with E-state index in [1.54, 1.807) is 13.2 Å². The standard InChI is InChI=1S/C34H46N8O2/c1-23-9-10-24(33(2,3)4)19-27(23)37-29-20-28(31(43)36-21-30-35-15-16-40(30)7)38-32(39-29)41-17-18-42(34(5,6)22-41)25-11-13-26(44-8)14-12-25/h9-16,19-20,30,35H,17-18,21-22H2,1-8H3,(H,36,43)(H,37,38,39). The number of amides is 1. The number of aromatic nitrogens is 2. The van der Waals surface area contributed by atoms with Crippen molar-refractivity contribution >= 4 is 29.0 Å². The van der Waals surface area contributed by atoms with Crippen molar-refractivity contribution in [3.8, 4) is 5.75 Å². The lowest BCUT2D eigenvalue weighted by molar-refractivity contribution is 0.0938. The molecule has 3 aromatic rings. The van der Waals surface area contributed by atoms with E-state index >= 15 is 0 Å². The van der Waals surface area contributed by atoms with E-state index in [4.69, 9.17) is 14.7 Å². The first-order valence-corrected chi connectivity index (χ1v) is 15.2. The van der Waals surface area contributed by atoms with Crippen LogP contribution in [-0.2, 0) is 5.41 Å². The van der Waals surface area contributed by atoms with Crippen LogP contribution in [0.25, 0.3) is 0 Å². The van der Waals surface area contributed by atoms with Gasteiger partial charge in [-0.05, 0) is 67.6 Å². The Morgan fingerprint density at radius 1 is 1.09 bits per heavy atom. The van der Waals surface area contributed by atoms with Gasteiger partial charge in [-0.3, -0.25) is 4.79 Å². The lowest BCUT2D eigenvalue weighted by Crippen LogP contribution is -2.60. The second-order valence-corrected chi connectivity index (χ2v) is 13.3. The molecule has 0 radical (unpaired) electrons. The average molecular weight is 599 g/mol. The summed E-state index contributed by atoms with van der Waals surface area (Å²) < 4.78 is 5.36. The van der Waals surface area contributed by atoms with Crippen LogP contribution in [0.1, 0.15) is 56.2 Å². The van der Waals surface area contributed by atoms with Crippen molar-refractivity contribution in [3.05, 3.63) is 77.8 Å². The van der Waals surface area contributed by atoms with Gasteiger partial charge in [0.05, 0.1) is 19.2 Å². The van der Waals surface area contributed by atoms with Gasteiger partial charge in [0, 0.05) is 56.5 Å². The number of piperazine rings is 1. The molecule has 2 aromatic carbocycles. The van der Waals surface area contributed by atoms with Gasteiger partial charge in [-0.15, -0.1) is 0 Å². The molecule has 2 aliphatic rings. The molecule has 3 heterocycles. The molecule has 5 rings (SSSR count). The highest BCUT2D eigenvalue weighted by Gasteiger charge is 2.35. The summed E-state index contributed by atoms with van der Waals surface area (Å²) in [5.41, 5.74) is 4.52. The Kier molecular flexibility index (Phi) is 8.63. The van der Waals surface area contributed by atoms with Crippen LogP contribution < -0.4 is 30.5 Å². The molecule has 0 bridgehead atoms. The molecule has 1 unspecified atom stereocenters. The Morgan fingerprint density at radius 3 is 2.48 bits per heavy atom. The molecule has 1 saturated heterocycles. The van der Waals surface area contributed by atoms with Gasteiger partial charge in [0.25, 0.3) is 5.91 Å². The Bertz CT molecular complexity index is 1510. The first kappa shape index (κ1) is 31.0. The molecule has 1 amide bonds. The molecule has 10 heteroatoms. The molecule has 0 saturated carbocycles. The van der Waals surface area contributed by atoms with Crippen LogP contribution in [0.4, 0.5) is 23.1 Å². The number of rotatable bonds is 8. The third-order valence-corrected chi connectivity index (χ3v) is 8.43. The summed E-state index contributed by atoms with van der Waals surface area (Å²) in [5.74, 6) is 1.71. The summed E-state index contributed by atoms with van der Waals surface area (Å²) in [5, 5.41) is 9.81. The van der Waals surface area contributed by atoms with Crippen LogP contribution >= 0.6 is 0 Å². The molecule has 234 valence electrons. The Morgan fingerprint density at radius 2 is 1.84 bits per heavy atom. The second kappa shape index (κ2) is 12.3. The van der Waals surface area contributed by atoms with Crippen LogP contribution in [0.2, 0.25) is 0 Å². The highest BCUT2D eigenvalue weighted by molar-refractivity contribution is 5.93. The molecule has 0 aliphatic carbocycles. The van der Waals surface area contributed by atoms with E-state index in [2.05, 4.69) is 97.6 Å². The molecule has 1 atom stereocenters. The predicted octanol–water partition coefficient (Wildman–Crippen LogP) is 5.00. The van der Waals surface area contributed by atoms with Gasteiger partial charge in [0.2, 0.25) is 5.95 Å². The number of nitrogens with one attached hydrogen (secondary N) is 3. The molecular formula is C34H46N8O2. The monoisotopic (exact) mass is 598 g/mol. The first-order valence-electron chi connectivity index (χ1n) is 15.2. The van der Waals surface area contributed by atoms with Gasteiger partial charge < -0.3 is 35.4 Å². The first-order chi connectivity index (χ1) is 20.8. The average Bonchev–Trinajstić information content (AvgIpc) is 3.40. The minimum Gasteiger partial charge on any atom is -0.497 e. The van der Waals surface area contributed by atoms with E-state index in [1.165, 1.54) is 5.56 Å². The fraction of sp³-hybridized carbons (Fsp3) is 0.441. The fourth-order valence-electron chi connectivity index (χ4n) is 5.66. The number of anilines is 4. The lowest BCUT2D eigenvalue weighted by atomic mass is 9.86. The number of hydrogen-bond donors (Lipinski definition) is 3. The number of likely N-dealkylation sites (N-methyl/N-ethyl adjacent to an activating group) is 1. The zero-order chi connectivity index (χ0) is 31.6. The number of nitrogens with zero attached hydrogens (tertiary/aromatic N) is 5. The quantitative estimate of drug-likeness (QED) is 0.331. The minimum atomic E-state index is -0.241. The number of methoxy groups -OCH3 is 1. The van der Waals surface area contributed by atoms with Gasteiger partial charge in [-0.25, -0.2) is 4.98 Å². The number of carbonyl (C=O) groups is 1. The molecule has 1 fully saturated rings. The summed E-state index contributed by atoms with van der Waals surface area (Å²) in [6, 6.07) is 16.4. The minimum absolute atomic E-state index is 0.00254. The summed E-state index contributed by atoms with van der Waals surface area (Å²) >= 11 is 0. The van der Waals surface area contributed by atoms with Crippen molar-refractivity contribution in [2.45, 2.75) is 58.7 Å². The molecule has 44 heavy (non-hydrogen) atoms. The largest absolute Gasteiger partial charge is 0.497 e. The highest BCUT2D eigenvalue weighted by atomic mass is 16.5. The molecule has 3 N–H and O–H groups in total. The number of hydrogen-bond acceptors (Lipinski definition) is 9. The molecule has 10 nitrogen and oxygen atoms in total. The number of aryl methyl sites for hydroxylation is 1. The van der Waals surface area contributed by atoms with Crippen LogP contribution in [0.15, 0.2) is 60.9 Å². The molecule has 2 aliphatic heterocycles. The van der Waals surface area contributed by atoms with E-state index in [0.717, 1.165) is 29.2 Å². The lowest BCUT2D eigenvalue weighted by Gasteiger charge is -2.48. The summed E-state index contributed by atoms with van der Waals surface area (Å²) in [6.07, 6.45) is 3.82. The maximum atomic E-state index is 13.5. The van der Waals surface area contributed by atoms with Crippen molar-refractivity contribution in [3.63, 3.8) is 0 Å². The van der Waals surface area contributed by atoms with Crippen LogP contribution in [0.5, 0.6) is 5.75 Å². The molecular weight excluding hydrogens is 552 g/mol. The third-order valence-electron chi connectivity index (χ3n) is 8.43. The van der Waals surface area contributed by atoms with Gasteiger partial charge in [-0.1, -0.05) is 32.9 Å². The van der Waals surface area contributed by atoms with Crippen molar-refractivity contribution in [1.82, 2.24) is 25.5 Å². The van der Waals surface area contributed by atoms with Gasteiger partial charge in [-0.2, -0.15) is 4.98 Å². The van der Waals surface area contributed by atoms with E-state index in [1.807, 2.05) is 36.5 Å². The summed E-state index contributed by atoms with van der Waals surface area (Å²) in [4.78, 5) is 29.9. The van der Waals surface area contributed by atoms with Crippen molar-refractivity contribution in [1.29, 1.82) is 0 Å². The summed E-state index contributed by atoms with van der Waals surface area (Å²) in [6.45, 7) is 15.7. The van der Waals surface area contributed by atoms with Gasteiger partial charge in [0.1, 0.15) is 23.4 Å². The van der Waals surface area contributed by atoms with Crippen molar-refractivity contribution in [2.24, 2.45) is 0 Å². The Labute approximate surface area is 261 Å². The van der Waals surface area contributed by atoms with Gasteiger partial charge >= 0.3 is 0 Å². The molecule has 1 aromatic heterocycles. The van der Waals surface area contributed by atoms with E-state index in [9.17, 15) is 4.79 Å². The fourth-order valence-corrected chi connectivity index (χ4v) is 5.66. The topological polar surface area (TPSA) is 97.9 Å². The van der Waals surface area contributed by atoms with E-state index < -0.39 is 0 Å². The van der Waals surface area contributed by atoms with Crippen LogP contribution in [0.3, 0.4) is 0 Å². The number of ether oxygens (including phenoxy) is 1. The van der Waals surface area contributed by atoms with Crippen LogP contribution in [-0.4, -0.2) is 72.8 Å². The second-order valence-electron chi connectivity index (χ2n) is 13.3. The maximum absolute atomic E-state index is 13.5. The number of benzene rings is 2. The molecule has 0 spiro atoms. The SMILES string of the molecule is COc1ccc(N2CCN(c3nc(Nc4cc(C(C)(C)C)ccc4C)cc(C(=O)NCC4NC=CN4C)n3)CC2(C)C)cc1. The zero-order valence-corrected chi connectivity index (χ0v) is 27.2. The Hall–Kier alpha value is -4.47. The zero-order valence-electron chi connectivity index (χ0n) is 27.2. The summed E-state index contributed by atoms with van der Waals surface area (Å²) in [7, 11) is 3.65. The van der Waals surface area contributed by atoms with Gasteiger partial charge in [0.15, 0.2) is 0 Å². The normalized spacial score (nSPS) is 17.8. The smallest absolute Gasteiger partial charge is 0.270 e. The van der Waals surface area contributed by atoms with E-state index in [-0.39, 0.29) is 23.0 Å². The van der Waals surface area contributed by atoms with Crippen molar-refractivity contribution < 1.29 is 9.53 Å². The Balaban J connectivity index is 1.43. The van der Waals surface area contributed by atoms with Crippen molar-refractivity contribution in [2.75, 3.05) is 55.5 Å². The van der Waals surface area contributed by atoms with Crippen LogP contribution in [0, 0.1) is 6.92 Å². The predicted molar refractivity (Wildman–Crippen MR) is 178 cm³/mol.